The molecular weight excluding hydrogens is 216 g/mol. The van der Waals surface area contributed by atoms with Gasteiger partial charge in [-0.05, 0) is 25.5 Å². The summed E-state index contributed by atoms with van der Waals surface area (Å²) < 4.78 is 0. The molecule has 0 amide bonds. The van der Waals surface area contributed by atoms with Gasteiger partial charge in [-0.3, -0.25) is 9.78 Å². The fourth-order valence-corrected chi connectivity index (χ4v) is 1.26. The van der Waals surface area contributed by atoms with Crippen molar-refractivity contribution in [1.29, 1.82) is 0 Å². The van der Waals surface area contributed by atoms with E-state index >= 15 is 0 Å². The summed E-state index contributed by atoms with van der Waals surface area (Å²) in [6.45, 7) is 3.75. The zero-order valence-corrected chi connectivity index (χ0v) is 9.54. The molecule has 15 heavy (non-hydrogen) atoms. The van der Waals surface area contributed by atoms with Crippen molar-refractivity contribution in [1.82, 2.24) is 4.98 Å². The largest absolute Gasteiger partial charge is 0.480 e. The molecule has 0 saturated carbocycles. The zero-order chi connectivity index (χ0) is 10.7. The third-order valence-electron chi connectivity index (χ3n) is 2.09. The van der Waals surface area contributed by atoms with E-state index in [1.54, 1.807) is 0 Å². The molecule has 0 aliphatic rings. The smallest absolute Gasteiger partial charge is 0.320 e. The van der Waals surface area contributed by atoms with Crippen LogP contribution in [0, 0.1) is 13.8 Å². The highest BCUT2D eigenvalue weighted by molar-refractivity contribution is 5.85. The highest BCUT2D eigenvalue weighted by atomic mass is 35.5. The maximum atomic E-state index is 10.5. The van der Waals surface area contributed by atoms with Crippen molar-refractivity contribution in [3.63, 3.8) is 0 Å². The van der Waals surface area contributed by atoms with Gasteiger partial charge in [-0.1, -0.05) is 6.07 Å². The minimum absolute atomic E-state index is 0. The molecule has 3 N–H and O–H groups in total. The van der Waals surface area contributed by atoms with Crippen molar-refractivity contribution in [3.8, 4) is 0 Å². The molecule has 1 aromatic heterocycles. The van der Waals surface area contributed by atoms with Crippen LogP contribution >= 0.6 is 12.4 Å². The van der Waals surface area contributed by atoms with Crippen molar-refractivity contribution >= 4 is 18.4 Å². The number of aromatic nitrogens is 1. The molecule has 0 bridgehead atoms. The number of aliphatic carboxylic acids is 1. The standard InChI is InChI=1S/C10H14N2O2.ClH/c1-6-3-4-8(7(2)12-6)5-9(11)10(13)14;/h3-4,9H,5,11H2,1-2H3,(H,13,14);1H/t9-;/m0./s1. The molecular formula is C10H15ClN2O2. The molecule has 5 heteroatoms. The van der Waals surface area contributed by atoms with Gasteiger partial charge < -0.3 is 10.8 Å². The summed E-state index contributed by atoms with van der Waals surface area (Å²) in [4.78, 5) is 14.8. The molecule has 0 aromatic carbocycles. The van der Waals surface area contributed by atoms with Crippen LogP contribution in [-0.4, -0.2) is 22.1 Å². The molecule has 0 fully saturated rings. The number of rotatable bonds is 3. The molecule has 1 atom stereocenters. The van der Waals surface area contributed by atoms with Crippen LogP contribution in [0.1, 0.15) is 17.0 Å². The summed E-state index contributed by atoms with van der Waals surface area (Å²) in [5.41, 5.74) is 8.10. The average molecular weight is 231 g/mol. The first kappa shape index (κ1) is 13.9. The Morgan fingerprint density at radius 2 is 2.13 bits per heavy atom. The number of pyridine rings is 1. The van der Waals surface area contributed by atoms with Crippen LogP contribution in [-0.2, 0) is 11.2 Å². The van der Waals surface area contributed by atoms with Crippen LogP contribution in [0.25, 0.3) is 0 Å². The summed E-state index contributed by atoms with van der Waals surface area (Å²) in [5, 5.41) is 8.64. The lowest BCUT2D eigenvalue weighted by Crippen LogP contribution is -2.32. The molecule has 1 aromatic rings. The highest BCUT2D eigenvalue weighted by Crippen LogP contribution is 2.08. The van der Waals surface area contributed by atoms with Crippen molar-refractivity contribution < 1.29 is 9.90 Å². The van der Waals surface area contributed by atoms with E-state index in [-0.39, 0.29) is 12.4 Å². The topological polar surface area (TPSA) is 76.2 Å². The number of hydrogen-bond acceptors (Lipinski definition) is 3. The summed E-state index contributed by atoms with van der Waals surface area (Å²) in [5.74, 6) is -0.982. The number of halogens is 1. The Morgan fingerprint density at radius 3 is 2.60 bits per heavy atom. The molecule has 1 heterocycles. The summed E-state index contributed by atoms with van der Waals surface area (Å²) in [6.07, 6.45) is 0.328. The van der Waals surface area contributed by atoms with Crippen LogP contribution in [0.2, 0.25) is 0 Å². The van der Waals surface area contributed by atoms with Gasteiger partial charge >= 0.3 is 5.97 Å². The fourth-order valence-electron chi connectivity index (χ4n) is 1.26. The minimum atomic E-state index is -0.982. The number of carbonyl (C=O) groups is 1. The number of nitrogens with two attached hydrogens (primary N) is 1. The molecule has 0 aliphatic heterocycles. The average Bonchev–Trinajstić information content (AvgIpc) is 2.09. The maximum absolute atomic E-state index is 10.5. The Morgan fingerprint density at radius 1 is 1.53 bits per heavy atom. The second-order valence-corrected chi connectivity index (χ2v) is 3.35. The predicted molar refractivity (Wildman–Crippen MR) is 60.3 cm³/mol. The van der Waals surface area contributed by atoms with E-state index in [9.17, 15) is 4.79 Å². The van der Waals surface area contributed by atoms with E-state index in [1.165, 1.54) is 0 Å². The molecule has 0 unspecified atom stereocenters. The molecule has 1 rings (SSSR count). The Labute approximate surface area is 94.9 Å². The molecule has 0 saturated heterocycles. The summed E-state index contributed by atoms with van der Waals surface area (Å²) >= 11 is 0. The van der Waals surface area contributed by atoms with Crippen LogP contribution in [0.5, 0.6) is 0 Å². The van der Waals surface area contributed by atoms with Crippen molar-refractivity contribution in [2.24, 2.45) is 5.73 Å². The first-order valence-corrected chi connectivity index (χ1v) is 4.42. The Hall–Kier alpha value is -1.13. The van der Waals surface area contributed by atoms with E-state index in [1.807, 2.05) is 26.0 Å². The zero-order valence-electron chi connectivity index (χ0n) is 8.73. The normalized spacial score (nSPS) is 11.7. The van der Waals surface area contributed by atoms with Crippen LogP contribution in [0.3, 0.4) is 0 Å². The second kappa shape index (κ2) is 5.68. The van der Waals surface area contributed by atoms with Crippen LogP contribution < -0.4 is 5.73 Å². The third-order valence-corrected chi connectivity index (χ3v) is 2.09. The van der Waals surface area contributed by atoms with E-state index < -0.39 is 12.0 Å². The molecule has 0 spiro atoms. The third kappa shape index (κ3) is 3.85. The first-order chi connectivity index (χ1) is 6.50. The predicted octanol–water partition coefficient (Wildman–Crippen LogP) is 1.07. The van der Waals surface area contributed by atoms with Gasteiger partial charge in [0.25, 0.3) is 0 Å². The number of carboxylic acid groups (broad SMARTS) is 1. The van der Waals surface area contributed by atoms with Crippen molar-refractivity contribution in [2.45, 2.75) is 26.3 Å². The van der Waals surface area contributed by atoms with Gasteiger partial charge in [-0.2, -0.15) is 0 Å². The second-order valence-electron chi connectivity index (χ2n) is 3.35. The molecule has 84 valence electrons. The quantitative estimate of drug-likeness (QED) is 0.815. The molecule has 4 nitrogen and oxygen atoms in total. The van der Waals surface area contributed by atoms with Crippen molar-refractivity contribution in [3.05, 3.63) is 29.1 Å². The minimum Gasteiger partial charge on any atom is -0.480 e. The van der Waals surface area contributed by atoms with E-state index in [2.05, 4.69) is 4.98 Å². The monoisotopic (exact) mass is 230 g/mol. The van der Waals surface area contributed by atoms with Gasteiger partial charge in [-0.15, -0.1) is 12.4 Å². The van der Waals surface area contributed by atoms with Crippen LogP contribution in [0.15, 0.2) is 12.1 Å². The SMILES string of the molecule is Cc1ccc(C[C@H](N)C(=O)O)c(C)n1.Cl. The van der Waals surface area contributed by atoms with Gasteiger partial charge in [0.1, 0.15) is 6.04 Å². The lowest BCUT2D eigenvalue weighted by Gasteiger charge is -2.08. The van der Waals surface area contributed by atoms with Crippen molar-refractivity contribution in [2.75, 3.05) is 0 Å². The lowest BCUT2D eigenvalue weighted by molar-refractivity contribution is -0.138. The number of nitrogens with zero attached hydrogens (tertiary/aromatic N) is 1. The molecule has 0 aliphatic carbocycles. The van der Waals surface area contributed by atoms with E-state index in [4.69, 9.17) is 10.8 Å². The molecule has 0 radical (unpaired) electrons. The number of aryl methyl sites for hydroxylation is 2. The number of carboxylic acids is 1. The van der Waals surface area contributed by atoms with Gasteiger partial charge in [0.05, 0.1) is 0 Å². The summed E-state index contributed by atoms with van der Waals surface area (Å²) in [7, 11) is 0. The van der Waals surface area contributed by atoms with E-state index in [0.29, 0.717) is 6.42 Å². The van der Waals surface area contributed by atoms with Gasteiger partial charge in [0.2, 0.25) is 0 Å². The van der Waals surface area contributed by atoms with E-state index in [0.717, 1.165) is 17.0 Å². The summed E-state index contributed by atoms with van der Waals surface area (Å²) in [6, 6.07) is 2.88. The Bertz CT molecular complexity index is 355. The van der Waals surface area contributed by atoms with Gasteiger partial charge in [-0.25, -0.2) is 0 Å². The Balaban J connectivity index is 0.00000196. The lowest BCUT2D eigenvalue weighted by atomic mass is 10.1. The highest BCUT2D eigenvalue weighted by Gasteiger charge is 2.13. The first-order valence-electron chi connectivity index (χ1n) is 4.42. The number of hydrogen-bond donors (Lipinski definition) is 2. The maximum Gasteiger partial charge on any atom is 0.320 e. The van der Waals surface area contributed by atoms with Gasteiger partial charge in [0, 0.05) is 17.8 Å². The Kier molecular flexibility index (Phi) is 5.25. The van der Waals surface area contributed by atoms with Gasteiger partial charge in [0.15, 0.2) is 0 Å². The fraction of sp³-hybridized carbons (Fsp3) is 0.400. The van der Waals surface area contributed by atoms with Crippen LogP contribution in [0.4, 0.5) is 0 Å².